The Morgan fingerprint density at radius 2 is 2.06 bits per heavy atom. The molecule has 16 heavy (non-hydrogen) atoms. The molecule has 0 aliphatic carbocycles. The molecule has 0 fully saturated rings. The average Bonchev–Trinajstić information content (AvgIpc) is 2.31. The van der Waals surface area contributed by atoms with E-state index in [1.54, 1.807) is 0 Å². The third-order valence-corrected chi connectivity index (χ3v) is 2.76. The van der Waals surface area contributed by atoms with Gasteiger partial charge in [-0.15, -0.1) is 12.3 Å². The number of rotatable bonds is 11. The molecular weight excluding hydrogens is 219 g/mol. The van der Waals surface area contributed by atoms with Crippen LogP contribution in [-0.4, -0.2) is 32.8 Å². The molecule has 94 valence electrons. The Labute approximate surface area is 102 Å². The maximum absolute atomic E-state index is 5.50. The topological polar surface area (TPSA) is 33.3 Å². The first-order chi connectivity index (χ1) is 7.85. The molecule has 0 amide bonds. The summed E-state index contributed by atoms with van der Waals surface area (Å²) in [5.74, 6) is 2.69. The molecule has 2 N–H and O–H groups in total. The fourth-order valence-electron chi connectivity index (χ4n) is 1.46. The Morgan fingerprint density at radius 1 is 1.31 bits per heavy atom. The predicted molar refractivity (Wildman–Crippen MR) is 73.3 cm³/mol. The first kappa shape index (κ1) is 15.9. The molecule has 0 saturated heterocycles. The molecule has 0 rings (SSSR count). The lowest BCUT2D eigenvalue weighted by Crippen LogP contribution is -2.24. The monoisotopic (exact) mass is 244 g/mol. The number of hydrogen-bond acceptors (Lipinski definition) is 3. The molecule has 0 aliphatic rings. The summed E-state index contributed by atoms with van der Waals surface area (Å²) >= 11 is 0. The third-order valence-electron chi connectivity index (χ3n) is 2.47. The Bertz CT molecular complexity index is 182. The summed E-state index contributed by atoms with van der Waals surface area (Å²) in [5, 5.41) is 6.24. The number of hydrogen-bond donors (Lipinski definition) is 2. The molecule has 2 unspecified atom stereocenters. The molecule has 0 saturated carbocycles. The van der Waals surface area contributed by atoms with Crippen LogP contribution in [-0.2, 0) is 4.74 Å². The minimum Gasteiger partial charge on any atom is -0.381 e. The summed E-state index contributed by atoms with van der Waals surface area (Å²) < 4.78 is 5.50. The van der Waals surface area contributed by atoms with Gasteiger partial charge in [-0.1, -0.05) is 9.39 Å². The van der Waals surface area contributed by atoms with Gasteiger partial charge in [0.2, 0.25) is 0 Å². The smallest absolute Gasteiger partial charge is 0.0478 e. The second-order valence-corrected chi connectivity index (χ2v) is 4.22. The van der Waals surface area contributed by atoms with E-state index in [-0.39, 0.29) is 0 Å². The molecule has 0 radical (unpaired) electrons. The first-order valence-electron chi connectivity index (χ1n) is 5.97. The van der Waals surface area contributed by atoms with Gasteiger partial charge >= 0.3 is 0 Å². The molecule has 0 spiro atoms. The summed E-state index contributed by atoms with van der Waals surface area (Å²) in [4.78, 5) is 0. The zero-order chi connectivity index (χ0) is 12.1. The zero-order valence-corrected chi connectivity index (χ0v) is 11.5. The SMILES string of the molecule is C#CCC(CCCCOCCCNP)NC. The van der Waals surface area contributed by atoms with Crippen LogP contribution in [0.3, 0.4) is 0 Å². The largest absolute Gasteiger partial charge is 0.381 e. The maximum Gasteiger partial charge on any atom is 0.0478 e. The van der Waals surface area contributed by atoms with Gasteiger partial charge in [-0.2, -0.15) is 0 Å². The lowest BCUT2D eigenvalue weighted by molar-refractivity contribution is 0.128. The first-order valence-corrected chi connectivity index (χ1v) is 6.54. The van der Waals surface area contributed by atoms with Gasteiger partial charge in [0.15, 0.2) is 0 Å². The van der Waals surface area contributed by atoms with Crippen molar-refractivity contribution in [2.45, 2.75) is 38.1 Å². The fourth-order valence-corrected chi connectivity index (χ4v) is 1.67. The van der Waals surface area contributed by atoms with Crippen molar-refractivity contribution in [3.8, 4) is 12.3 Å². The van der Waals surface area contributed by atoms with Gasteiger partial charge in [0.1, 0.15) is 0 Å². The van der Waals surface area contributed by atoms with E-state index in [1.165, 1.54) is 6.42 Å². The van der Waals surface area contributed by atoms with Crippen LogP contribution in [0.15, 0.2) is 0 Å². The maximum atomic E-state index is 5.50. The van der Waals surface area contributed by atoms with E-state index >= 15 is 0 Å². The number of ether oxygens (including phenoxy) is 1. The van der Waals surface area contributed by atoms with Crippen LogP contribution in [0.5, 0.6) is 0 Å². The van der Waals surface area contributed by atoms with Crippen LogP contribution >= 0.6 is 9.39 Å². The summed E-state index contributed by atoms with van der Waals surface area (Å²) in [6.45, 7) is 2.71. The quantitative estimate of drug-likeness (QED) is 0.329. The molecule has 0 aromatic carbocycles. The van der Waals surface area contributed by atoms with Gasteiger partial charge in [-0.25, -0.2) is 0 Å². The molecule has 2 atom stereocenters. The number of terminal acetylenes is 1. The highest BCUT2D eigenvalue weighted by molar-refractivity contribution is 7.13. The third kappa shape index (κ3) is 10.4. The summed E-state index contributed by atoms with van der Waals surface area (Å²) in [7, 11) is 4.46. The molecule has 0 aromatic rings. The van der Waals surface area contributed by atoms with Crippen LogP contribution in [0.4, 0.5) is 0 Å². The van der Waals surface area contributed by atoms with E-state index in [0.29, 0.717) is 6.04 Å². The Morgan fingerprint density at radius 3 is 2.69 bits per heavy atom. The molecule has 0 bridgehead atoms. The van der Waals surface area contributed by atoms with E-state index in [9.17, 15) is 0 Å². The molecule has 0 aromatic heterocycles. The van der Waals surface area contributed by atoms with E-state index in [1.807, 2.05) is 7.05 Å². The highest BCUT2D eigenvalue weighted by atomic mass is 31.0. The zero-order valence-electron chi connectivity index (χ0n) is 10.3. The van der Waals surface area contributed by atoms with Gasteiger partial charge in [0.05, 0.1) is 0 Å². The summed E-state index contributed by atoms with van der Waals surface area (Å²) in [6.07, 6.45) is 10.6. The molecule has 3 nitrogen and oxygen atoms in total. The van der Waals surface area contributed by atoms with Crippen LogP contribution in [0.2, 0.25) is 0 Å². The highest BCUT2D eigenvalue weighted by Crippen LogP contribution is 2.04. The highest BCUT2D eigenvalue weighted by Gasteiger charge is 2.02. The van der Waals surface area contributed by atoms with Crippen LogP contribution in [0.1, 0.15) is 32.1 Å². The predicted octanol–water partition coefficient (Wildman–Crippen LogP) is 1.55. The lowest BCUT2D eigenvalue weighted by atomic mass is 10.1. The van der Waals surface area contributed by atoms with Crippen molar-refractivity contribution in [1.82, 2.24) is 10.4 Å². The summed E-state index contributed by atoms with van der Waals surface area (Å²) in [6, 6.07) is 0.464. The molecule has 0 aliphatic heterocycles. The van der Waals surface area contributed by atoms with Crippen LogP contribution < -0.4 is 10.4 Å². The van der Waals surface area contributed by atoms with Gasteiger partial charge in [-0.05, 0) is 32.7 Å². The molecule has 0 heterocycles. The fraction of sp³-hybridized carbons (Fsp3) is 0.833. The van der Waals surface area contributed by atoms with E-state index in [0.717, 1.165) is 45.4 Å². The van der Waals surface area contributed by atoms with Crippen molar-refractivity contribution in [1.29, 1.82) is 0 Å². The normalized spacial score (nSPS) is 12.3. The minimum absolute atomic E-state index is 0.464. The molecule has 4 heteroatoms. The van der Waals surface area contributed by atoms with Crippen molar-refractivity contribution in [2.24, 2.45) is 0 Å². The summed E-state index contributed by atoms with van der Waals surface area (Å²) in [5.41, 5.74) is 0. The Kier molecular flexibility index (Phi) is 12.8. The van der Waals surface area contributed by atoms with E-state index in [4.69, 9.17) is 11.2 Å². The Hall–Kier alpha value is -0.130. The van der Waals surface area contributed by atoms with Crippen molar-refractivity contribution in [2.75, 3.05) is 26.8 Å². The Balaban J connectivity index is 3.16. The van der Waals surface area contributed by atoms with Gasteiger partial charge in [0.25, 0.3) is 0 Å². The van der Waals surface area contributed by atoms with Crippen molar-refractivity contribution < 1.29 is 4.74 Å². The second-order valence-electron chi connectivity index (χ2n) is 3.81. The standard InChI is InChI=1S/C12H25N2OP/c1-3-7-12(13-2)8-4-5-10-15-11-6-9-14-16/h1,12-14H,4-11,16H2,2H3. The van der Waals surface area contributed by atoms with Gasteiger partial charge in [0, 0.05) is 32.2 Å². The van der Waals surface area contributed by atoms with Crippen molar-refractivity contribution in [3.05, 3.63) is 0 Å². The van der Waals surface area contributed by atoms with Crippen molar-refractivity contribution in [3.63, 3.8) is 0 Å². The number of unbranched alkanes of at least 4 members (excludes halogenated alkanes) is 1. The van der Waals surface area contributed by atoms with Crippen LogP contribution in [0, 0.1) is 12.3 Å². The number of nitrogens with one attached hydrogen (secondary N) is 2. The van der Waals surface area contributed by atoms with Crippen LogP contribution in [0.25, 0.3) is 0 Å². The van der Waals surface area contributed by atoms with E-state index in [2.05, 4.69) is 25.7 Å². The van der Waals surface area contributed by atoms with Gasteiger partial charge < -0.3 is 15.1 Å². The average molecular weight is 244 g/mol. The molecular formula is C12H25N2OP. The lowest BCUT2D eigenvalue weighted by Gasteiger charge is -2.12. The minimum atomic E-state index is 0.464. The second kappa shape index (κ2) is 12.9. The van der Waals surface area contributed by atoms with Gasteiger partial charge in [-0.3, -0.25) is 0 Å². The van der Waals surface area contributed by atoms with Crippen molar-refractivity contribution >= 4 is 9.39 Å². The van der Waals surface area contributed by atoms with E-state index < -0.39 is 0 Å².